The van der Waals surface area contributed by atoms with Gasteiger partial charge in [-0.2, -0.15) is 0 Å². The molecule has 3 rings (SSSR count). The molecule has 0 saturated carbocycles. The van der Waals surface area contributed by atoms with E-state index in [0.29, 0.717) is 5.84 Å². The molecule has 1 unspecified atom stereocenters. The fourth-order valence-electron chi connectivity index (χ4n) is 3.77. The number of aromatic nitrogens is 1. The Morgan fingerprint density at radius 2 is 1.91 bits per heavy atom. The van der Waals surface area contributed by atoms with E-state index in [1.807, 2.05) is 29.8 Å². The van der Waals surface area contributed by atoms with Gasteiger partial charge in [-0.15, -0.1) is 21.6 Å². The van der Waals surface area contributed by atoms with E-state index in [2.05, 4.69) is 96.9 Å². The molecule has 0 aliphatic rings. The highest BCUT2D eigenvalue weighted by molar-refractivity contribution is 14.1. The van der Waals surface area contributed by atoms with Crippen molar-refractivity contribution in [3.63, 3.8) is 0 Å². The molecule has 2 heterocycles. The molecule has 34 heavy (non-hydrogen) atoms. The number of nitrogens with two attached hydrogens (primary N) is 1. The first-order valence-electron chi connectivity index (χ1n) is 11.8. The van der Waals surface area contributed by atoms with E-state index in [1.54, 1.807) is 0 Å². The van der Waals surface area contributed by atoms with E-state index < -0.39 is 0 Å². The predicted octanol–water partition coefficient (Wildman–Crippen LogP) is 8.64. The second-order valence-corrected chi connectivity index (χ2v) is 12.3. The molecular formula is C27H34IN5S. The number of pyridine rings is 1. The van der Waals surface area contributed by atoms with Gasteiger partial charge >= 0.3 is 0 Å². The van der Waals surface area contributed by atoms with Gasteiger partial charge < -0.3 is 5.73 Å². The number of amidine groups is 1. The second-order valence-electron chi connectivity index (χ2n) is 9.24. The van der Waals surface area contributed by atoms with E-state index in [0.717, 1.165) is 53.1 Å². The van der Waals surface area contributed by atoms with Gasteiger partial charge in [0.05, 0.1) is 5.69 Å². The normalized spacial score (nSPS) is 14.5. The van der Waals surface area contributed by atoms with Gasteiger partial charge in [0.2, 0.25) is 0 Å². The van der Waals surface area contributed by atoms with Crippen LogP contribution in [0, 0.1) is 5.41 Å². The molecule has 2 aromatic heterocycles. The van der Waals surface area contributed by atoms with Crippen LogP contribution in [0.4, 0.5) is 5.00 Å². The largest absolute Gasteiger partial charge is 0.382 e. The van der Waals surface area contributed by atoms with Crippen molar-refractivity contribution in [3.8, 4) is 11.3 Å². The number of aryl methyl sites for hydroxylation is 1. The number of benzene rings is 1. The van der Waals surface area contributed by atoms with Crippen LogP contribution in [0.2, 0.25) is 0 Å². The zero-order valence-electron chi connectivity index (χ0n) is 20.7. The number of unbranched alkanes of at least 4 members (excludes halogenated alkanes) is 1. The van der Waals surface area contributed by atoms with Crippen molar-refractivity contribution in [1.82, 2.24) is 4.98 Å². The monoisotopic (exact) mass is 587 g/mol. The highest BCUT2D eigenvalue weighted by Crippen LogP contribution is 2.50. The maximum absolute atomic E-state index is 6.56. The van der Waals surface area contributed by atoms with Crippen molar-refractivity contribution < 1.29 is 0 Å². The molecule has 0 bridgehead atoms. The third-order valence-electron chi connectivity index (χ3n) is 6.72. The SMILES string of the molecule is CCCCc1cccnc1-c1ccc(C(C)(I)C(C)(C)CC)c(/C(N)=N/N=N/c2cccs2)c1. The first-order valence-corrected chi connectivity index (χ1v) is 13.7. The lowest BCUT2D eigenvalue weighted by Gasteiger charge is -2.41. The zero-order chi connectivity index (χ0) is 24.8. The average Bonchev–Trinajstić information content (AvgIpc) is 3.36. The van der Waals surface area contributed by atoms with E-state index in [1.165, 1.54) is 16.9 Å². The Balaban J connectivity index is 2.13. The van der Waals surface area contributed by atoms with Gasteiger partial charge in [-0.3, -0.25) is 4.98 Å². The third-order valence-corrected chi connectivity index (χ3v) is 9.52. The van der Waals surface area contributed by atoms with Crippen LogP contribution in [-0.2, 0) is 9.84 Å². The van der Waals surface area contributed by atoms with Crippen molar-refractivity contribution in [3.05, 3.63) is 70.7 Å². The number of rotatable bonds is 10. The Kier molecular flexibility index (Phi) is 8.98. The Labute approximate surface area is 221 Å². The maximum Gasteiger partial charge on any atom is 0.155 e. The van der Waals surface area contributed by atoms with Crippen LogP contribution in [0.25, 0.3) is 11.3 Å². The minimum Gasteiger partial charge on any atom is -0.382 e. The standard InChI is InChI=1S/C27H34IN5S/c1-6-8-11-19-12-9-16-30-24(19)20-14-15-22(27(5,28)26(3,4)7-2)21(18-20)25(29)32-33-31-23-13-10-17-34-23/h9-10,12-18H,6-8,11H2,1-5H3,(H2,29,31,32). The fraction of sp³-hybridized carbons (Fsp3) is 0.407. The molecule has 1 atom stereocenters. The van der Waals surface area contributed by atoms with Crippen molar-refractivity contribution in [2.24, 2.45) is 26.6 Å². The summed E-state index contributed by atoms with van der Waals surface area (Å²) in [5.41, 5.74) is 11.9. The van der Waals surface area contributed by atoms with E-state index in [9.17, 15) is 0 Å². The summed E-state index contributed by atoms with van der Waals surface area (Å²) in [5.74, 6) is 0.359. The smallest absolute Gasteiger partial charge is 0.155 e. The molecule has 1 aromatic carbocycles. The first kappa shape index (κ1) is 26.5. The van der Waals surface area contributed by atoms with Crippen LogP contribution >= 0.6 is 33.9 Å². The van der Waals surface area contributed by atoms with Crippen LogP contribution in [0.1, 0.15) is 70.6 Å². The molecule has 0 spiro atoms. The summed E-state index contributed by atoms with van der Waals surface area (Å²) in [5, 5.41) is 15.3. The van der Waals surface area contributed by atoms with Crippen molar-refractivity contribution in [2.45, 2.75) is 63.7 Å². The summed E-state index contributed by atoms with van der Waals surface area (Å²) in [4.78, 5) is 4.73. The zero-order valence-corrected chi connectivity index (χ0v) is 23.7. The van der Waals surface area contributed by atoms with E-state index in [-0.39, 0.29) is 8.84 Å². The Hall–Kier alpha value is -2.13. The number of hydrogen-bond acceptors (Lipinski definition) is 4. The summed E-state index contributed by atoms with van der Waals surface area (Å²) in [6.07, 6.45) is 6.17. The molecule has 0 aliphatic carbocycles. The maximum atomic E-state index is 6.56. The van der Waals surface area contributed by atoms with Gasteiger partial charge in [0.15, 0.2) is 5.84 Å². The quantitative estimate of drug-likeness (QED) is 0.0644. The lowest BCUT2D eigenvalue weighted by molar-refractivity contribution is 0.273. The van der Waals surface area contributed by atoms with Gasteiger partial charge in [-0.05, 0) is 77.6 Å². The lowest BCUT2D eigenvalue weighted by atomic mass is 9.72. The average molecular weight is 588 g/mol. The molecule has 0 aliphatic heterocycles. The highest BCUT2D eigenvalue weighted by Gasteiger charge is 2.40. The van der Waals surface area contributed by atoms with E-state index in [4.69, 9.17) is 10.7 Å². The molecule has 0 fully saturated rings. The minimum absolute atomic E-state index is 0.0415. The van der Waals surface area contributed by atoms with Gasteiger partial charge in [0, 0.05) is 20.7 Å². The van der Waals surface area contributed by atoms with Crippen LogP contribution in [0.3, 0.4) is 0 Å². The number of thiophene rings is 1. The number of alkyl halides is 1. The molecule has 2 N–H and O–H groups in total. The first-order chi connectivity index (χ1) is 16.2. The van der Waals surface area contributed by atoms with Gasteiger partial charge in [-0.1, -0.05) is 74.9 Å². The summed E-state index contributed by atoms with van der Waals surface area (Å²) in [7, 11) is 0. The van der Waals surface area contributed by atoms with Crippen LogP contribution in [0.15, 0.2) is 69.5 Å². The van der Waals surface area contributed by atoms with E-state index >= 15 is 0 Å². The van der Waals surface area contributed by atoms with Gasteiger partial charge in [0.25, 0.3) is 0 Å². The molecule has 3 aromatic rings. The fourth-order valence-corrected chi connectivity index (χ4v) is 5.16. The van der Waals surface area contributed by atoms with Crippen LogP contribution in [0.5, 0.6) is 0 Å². The number of hydrogen-bond donors (Lipinski definition) is 1. The number of halogens is 1. The molecule has 0 saturated heterocycles. The molecule has 0 radical (unpaired) electrons. The molecule has 5 nitrogen and oxygen atoms in total. The van der Waals surface area contributed by atoms with Crippen molar-refractivity contribution in [2.75, 3.05) is 0 Å². The second kappa shape index (κ2) is 11.5. The van der Waals surface area contributed by atoms with Gasteiger partial charge in [-0.25, -0.2) is 0 Å². The lowest BCUT2D eigenvalue weighted by Crippen LogP contribution is -2.35. The third kappa shape index (κ3) is 5.92. The summed E-state index contributed by atoms with van der Waals surface area (Å²) in [6.45, 7) is 11.3. The Morgan fingerprint density at radius 1 is 1.12 bits per heavy atom. The Bertz CT molecular complexity index is 1150. The molecule has 7 heteroatoms. The Morgan fingerprint density at radius 3 is 2.59 bits per heavy atom. The molecule has 180 valence electrons. The molecule has 0 amide bonds. The minimum atomic E-state index is -0.173. The van der Waals surface area contributed by atoms with Crippen LogP contribution in [-0.4, -0.2) is 10.8 Å². The summed E-state index contributed by atoms with van der Waals surface area (Å²) < 4.78 is -0.173. The summed E-state index contributed by atoms with van der Waals surface area (Å²) >= 11 is 4.07. The summed E-state index contributed by atoms with van der Waals surface area (Å²) in [6, 6.07) is 14.5. The highest BCUT2D eigenvalue weighted by atomic mass is 127. The predicted molar refractivity (Wildman–Crippen MR) is 153 cm³/mol. The van der Waals surface area contributed by atoms with Crippen LogP contribution < -0.4 is 5.73 Å². The van der Waals surface area contributed by atoms with Crippen molar-refractivity contribution in [1.29, 1.82) is 0 Å². The molecular weight excluding hydrogens is 553 g/mol. The van der Waals surface area contributed by atoms with Crippen molar-refractivity contribution >= 4 is 44.8 Å². The van der Waals surface area contributed by atoms with Gasteiger partial charge in [0.1, 0.15) is 5.00 Å². The number of nitrogens with zero attached hydrogens (tertiary/aromatic N) is 4. The topological polar surface area (TPSA) is 76.0 Å².